The average molecular weight is 550 g/mol. The molecular weight excluding hydrogens is 528 g/mol. The van der Waals surface area contributed by atoms with Crippen LogP contribution in [0.3, 0.4) is 0 Å². The second-order valence-electron chi connectivity index (χ2n) is 7.20. The number of halogens is 2. The van der Waals surface area contributed by atoms with Crippen molar-refractivity contribution in [2.45, 2.75) is 4.90 Å². The number of nitrogens with one attached hydrogen (secondary N) is 1. The summed E-state index contributed by atoms with van der Waals surface area (Å²) < 4.78 is 28.4. The third-order valence-corrected chi connectivity index (χ3v) is 7.26. The summed E-state index contributed by atoms with van der Waals surface area (Å²) in [5, 5.41) is 4.43. The maximum absolute atomic E-state index is 13.2. The third-order valence-electron chi connectivity index (χ3n) is 4.59. The lowest BCUT2D eigenvalue weighted by atomic mass is 10.2. The van der Waals surface area contributed by atoms with Crippen LogP contribution < -0.4 is 14.6 Å². The Morgan fingerprint density at radius 3 is 2.33 bits per heavy atom. The number of carbonyl (C=O) groups is 1. The summed E-state index contributed by atoms with van der Waals surface area (Å²) in [6.07, 6.45) is 1.49. The molecule has 0 fully saturated rings. The Morgan fingerprint density at radius 2 is 1.73 bits per heavy atom. The zero-order valence-corrected chi connectivity index (χ0v) is 21.1. The van der Waals surface area contributed by atoms with E-state index in [1.54, 1.807) is 42.5 Å². The Bertz CT molecular complexity index is 1250. The Morgan fingerprint density at radius 1 is 1.06 bits per heavy atom. The second kappa shape index (κ2) is 10.8. The highest BCUT2D eigenvalue weighted by Gasteiger charge is 2.27. The van der Waals surface area contributed by atoms with Gasteiger partial charge in [-0.05, 0) is 70.0 Å². The summed E-state index contributed by atoms with van der Waals surface area (Å²) in [5.74, 6) is -0.593. The average Bonchev–Trinajstić information content (AvgIpc) is 2.78. The summed E-state index contributed by atoms with van der Waals surface area (Å²) in [7, 11) is -0.122. The van der Waals surface area contributed by atoms with E-state index >= 15 is 0 Å². The van der Waals surface area contributed by atoms with Crippen LogP contribution in [0.5, 0.6) is 0 Å². The van der Waals surface area contributed by atoms with Crippen molar-refractivity contribution in [2.75, 3.05) is 29.8 Å². The number of nitrogens with zero attached hydrogens (tertiary/aromatic N) is 3. The second-order valence-corrected chi connectivity index (χ2v) is 10.4. The van der Waals surface area contributed by atoms with Crippen LogP contribution in [-0.2, 0) is 14.8 Å². The highest BCUT2D eigenvalue weighted by Crippen LogP contribution is 2.26. The molecule has 0 saturated heterocycles. The van der Waals surface area contributed by atoms with E-state index < -0.39 is 22.5 Å². The fourth-order valence-electron chi connectivity index (χ4n) is 2.95. The van der Waals surface area contributed by atoms with Crippen LogP contribution in [0, 0.1) is 0 Å². The Kier molecular flexibility index (Phi) is 8.12. The van der Waals surface area contributed by atoms with Gasteiger partial charge in [-0.2, -0.15) is 5.10 Å². The number of anilines is 2. The van der Waals surface area contributed by atoms with E-state index in [9.17, 15) is 13.2 Å². The maximum Gasteiger partial charge on any atom is 0.264 e. The van der Waals surface area contributed by atoms with Crippen LogP contribution in [0.25, 0.3) is 0 Å². The van der Waals surface area contributed by atoms with Gasteiger partial charge in [0.2, 0.25) is 0 Å². The van der Waals surface area contributed by atoms with E-state index in [4.69, 9.17) is 11.6 Å². The summed E-state index contributed by atoms with van der Waals surface area (Å²) in [5.41, 5.74) is 4.47. The predicted molar refractivity (Wildman–Crippen MR) is 137 cm³/mol. The molecule has 0 heterocycles. The van der Waals surface area contributed by atoms with Crippen LogP contribution in [0.2, 0.25) is 5.02 Å². The minimum atomic E-state index is -3.99. The lowest BCUT2D eigenvalue weighted by molar-refractivity contribution is -0.119. The van der Waals surface area contributed by atoms with Crippen LogP contribution in [0.15, 0.2) is 87.3 Å². The molecule has 3 aromatic rings. The van der Waals surface area contributed by atoms with E-state index in [0.29, 0.717) is 10.7 Å². The molecule has 33 heavy (non-hydrogen) atoms. The van der Waals surface area contributed by atoms with Crippen LogP contribution in [-0.4, -0.2) is 41.2 Å². The quantitative estimate of drug-likeness (QED) is 0.331. The molecule has 0 aromatic heterocycles. The maximum atomic E-state index is 13.2. The molecule has 0 radical (unpaired) electrons. The highest BCUT2D eigenvalue weighted by atomic mass is 79.9. The van der Waals surface area contributed by atoms with Crippen LogP contribution in [0.1, 0.15) is 5.56 Å². The van der Waals surface area contributed by atoms with Crippen molar-refractivity contribution in [3.63, 3.8) is 0 Å². The molecule has 0 saturated carbocycles. The van der Waals surface area contributed by atoms with E-state index in [0.717, 1.165) is 20.0 Å². The van der Waals surface area contributed by atoms with Crippen LogP contribution >= 0.6 is 27.5 Å². The minimum absolute atomic E-state index is 0.0714. The van der Waals surface area contributed by atoms with Gasteiger partial charge in [0.05, 0.1) is 22.5 Å². The van der Waals surface area contributed by atoms with Gasteiger partial charge in [0.15, 0.2) is 0 Å². The number of rotatable bonds is 8. The predicted octanol–water partition coefficient (Wildman–Crippen LogP) is 4.51. The van der Waals surface area contributed by atoms with Gasteiger partial charge in [0.1, 0.15) is 6.54 Å². The molecule has 0 spiro atoms. The third kappa shape index (κ3) is 6.34. The molecule has 172 valence electrons. The molecule has 0 aliphatic rings. The highest BCUT2D eigenvalue weighted by molar-refractivity contribution is 9.10. The fraction of sp³-hybridized carbons (Fsp3) is 0.130. The summed E-state index contributed by atoms with van der Waals surface area (Å²) in [4.78, 5) is 14.6. The molecule has 7 nitrogen and oxygen atoms in total. The molecule has 0 atom stereocenters. The zero-order chi connectivity index (χ0) is 24.0. The SMILES string of the molecule is CN(C)c1ccc(/C=N/NC(=O)CN(c2ccc(Cl)cc2)S(=O)(=O)c2ccccc2)cc1Br. The van der Waals surface area contributed by atoms with Crippen molar-refractivity contribution >= 4 is 61.1 Å². The van der Waals surface area contributed by atoms with Gasteiger partial charge in [-0.1, -0.05) is 35.9 Å². The molecule has 3 aromatic carbocycles. The van der Waals surface area contributed by atoms with Gasteiger partial charge in [-0.25, -0.2) is 13.8 Å². The molecule has 3 rings (SSSR count). The smallest absolute Gasteiger partial charge is 0.264 e. The molecule has 1 amide bonds. The van der Waals surface area contributed by atoms with Gasteiger partial charge < -0.3 is 4.90 Å². The van der Waals surface area contributed by atoms with Gasteiger partial charge in [0, 0.05) is 23.6 Å². The first-order valence-electron chi connectivity index (χ1n) is 9.80. The van der Waals surface area contributed by atoms with Crippen molar-refractivity contribution in [1.82, 2.24) is 5.43 Å². The largest absolute Gasteiger partial charge is 0.377 e. The molecule has 1 N–H and O–H groups in total. The van der Waals surface area contributed by atoms with Crippen LogP contribution in [0.4, 0.5) is 11.4 Å². The van der Waals surface area contributed by atoms with Gasteiger partial charge in [-0.15, -0.1) is 0 Å². The molecule has 0 aliphatic heterocycles. The topological polar surface area (TPSA) is 82.1 Å². The monoisotopic (exact) mass is 548 g/mol. The Labute approximate surface area is 206 Å². The van der Waals surface area contributed by atoms with Crippen molar-refractivity contribution in [3.05, 3.63) is 87.9 Å². The number of carbonyl (C=O) groups excluding carboxylic acids is 1. The molecule has 10 heteroatoms. The number of benzene rings is 3. The molecule has 0 unspecified atom stereocenters. The molecular formula is C23H22BrClN4O3S. The number of hydrogen-bond acceptors (Lipinski definition) is 5. The number of hydrogen-bond donors (Lipinski definition) is 1. The normalized spacial score (nSPS) is 11.4. The Hall–Kier alpha value is -2.88. The first-order chi connectivity index (χ1) is 15.7. The van der Waals surface area contributed by atoms with Crippen molar-refractivity contribution in [2.24, 2.45) is 5.10 Å². The van der Waals surface area contributed by atoms with Gasteiger partial charge >= 0.3 is 0 Å². The van der Waals surface area contributed by atoms with Gasteiger partial charge in [0.25, 0.3) is 15.9 Å². The lowest BCUT2D eigenvalue weighted by Gasteiger charge is -2.23. The summed E-state index contributed by atoms with van der Waals surface area (Å²) in [6.45, 7) is -0.459. The number of amides is 1. The summed E-state index contributed by atoms with van der Waals surface area (Å²) in [6, 6.07) is 19.8. The van der Waals surface area contributed by atoms with Crippen molar-refractivity contribution in [1.29, 1.82) is 0 Å². The fourth-order valence-corrected chi connectivity index (χ4v) is 5.27. The minimum Gasteiger partial charge on any atom is -0.377 e. The van der Waals surface area contributed by atoms with E-state index in [-0.39, 0.29) is 4.90 Å². The van der Waals surface area contributed by atoms with E-state index in [1.807, 2.05) is 37.2 Å². The number of sulfonamides is 1. The summed E-state index contributed by atoms with van der Waals surface area (Å²) >= 11 is 9.45. The first-order valence-corrected chi connectivity index (χ1v) is 12.4. The molecule has 0 bridgehead atoms. The van der Waals surface area contributed by atoms with Crippen molar-refractivity contribution in [3.8, 4) is 0 Å². The van der Waals surface area contributed by atoms with Crippen molar-refractivity contribution < 1.29 is 13.2 Å². The van der Waals surface area contributed by atoms with E-state index in [1.165, 1.54) is 18.3 Å². The Balaban J connectivity index is 1.79. The standard InChI is InChI=1S/C23H22BrClN4O3S/c1-28(2)22-13-8-17(14-21(22)24)15-26-27-23(30)16-29(19-11-9-18(25)10-12-19)33(31,32)20-6-4-3-5-7-20/h3-15H,16H2,1-2H3,(H,27,30)/b26-15+. The lowest BCUT2D eigenvalue weighted by Crippen LogP contribution is -2.39. The zero-order valence-electron chi connectivity index (χ0n) is 17.9. The van der Waals surface area contributed by atoms with E-state index in [2.05, 4.69) is 26.5 Å². The number of hydrazone groups is 1. The van der Waals surface area contributed by atoms with Gasteiger partial charge in [-0.3, -0.25) is 9.10 Å². The molecule has 0 aliphatic carbocycles. The first kappa shape index (κ1) is 24.8.